The van der Waals surface area contributed by atoms with Crippen molar-refractivity contribution in [1.29, 1.82) is 0 Å². The molecular formula is C13H26. The van der Waals surface area contributed by atoms with Gasteiger partial charge >= 0.3 is 0 Å². The van der Waals surface area contributed by atoms with E-state index in [0.717, 1.165) is 17.8 Å². The SMILES string of the molecule is CCCC(=CC(C)C(C)C)C(C)C. The van der Waals surface area contributed by atoms with Gasteiger partial charge in [-0.25, -0.2) is 0 Å². The van der Waals surface area contributed by atoms with Crippen molar-refractivity contribution in [3.05, 3.63) is 11.6 Å². The minimum absolute atomic E-state index is 0.723. The lowest BCUT2D eigenvalue weighted by atomic mass is 9.90. The Morgan fingerprint density at radius 3 is 1.92 bits per heavy atom. The summed E-state index contributed by atoms with van der Waals surface area (Å²) in [5.41, 5.74) is 1.64. The third-order valence-electron chi connectivity index (χ3n) is 2.81. The van der Waals surface area contributed by atoms with Crippen LogP contribution in [-0.2, 0) is 0 Å². The summed E-state index contributed by atoms with van der Waals surface area (Å²) in [5, 5.41) is 0. The van der Waals surface area contributed by atoms with Crippen molar-refractivity contribution < 1.29 is 0 Å². The van der Waals surface area contributed by atoms with E-state index in [4.69, 9.17) is 0 Å². The first-order valence-corrected chi connectivity index (χ1v) is 5.69. The smallest absolute Gasteiger partial charge is 0.0236 e. The van der Waals surface area contributed by atoms with Gasteiger partial charge in [-0.3, -0.25) is 0 Å². The normalized spacial score (nSPS) is 15.5. The zero-order valence-corrected chi connectivity index (χ0v) is 10.2. The molecule has 0 spiro atoms. The highest BCUT2D eigenvalue weighted by Crippen LogP contribution is 2.21. The lowest BCUT2D eigenvalue weighted by Gasteiger charge is -2.16. The fraction of sp³-hybridized carbons (Fsp3) is 0.846. The molecule has 0 heteroatoms. The Labute approximate surface area is 84.4 Å². The Morgan fingerprint density at radius 1 is 1.08 bits per heavy atom. The first-order valence-electron chi connectivity index (χ1n) is 5.69. The third-order valence-corrected chi connectivity index (χ3v) is 2.81. The summed E-state index contributed by atoms with van der Waals surface area (Å²) in [5.74, 6) is 2.22. The Balaban J connectivity index is 4.33. The summed E-state index contributed by atoms with van der Waals surface area (Å²) in [6.07, 6.45) is 5.03. The lowest BCUT2D eigenvalue weighted by Crippen LogP contribution is -2.04. The molecule has 0 aliphatic carbocycles. The summed E-state index contributed by atoms with van der Waals surface area (Å²) in [6.45, 7) is 13.8. The largest absolute Gasteiger partial charge is 0.0820 e. The molecule has 0 aliphatic rings. The molecule has 0 bridgehead atoms. The Morgan fingerprint density at radius 2 is 1.62 bits per heavy atom. The fourth-order valence-corrected chi connectivity index (χ4v) is 1.38. The van der Waals surface area contributed by atoms with E-state index in [-0.39, 0.29) is 0 Å². The van der Waals surface area contributed by atoms with Crippen LogP contribution in [-0.4, -0.2) is 0 Å². The first-order chi connectivity index (χ1) is 5.99. The summed E-state index contributed by atoms with van der Waals surface area (Å²) in [6, 6.07) is 0. The highest BCUT2D eigenvalue weighted by molar-refractivity contribution is 5.06. The van der Waals surface area contributed by atoms with E-state index in [1.165, 1.54) is 12.8 Å². The van der Waals surface area contributed by atoms with Crippen LogP contribution >= 0.6 is 0 Å². The topological polar surface area (TPSA) is 0 Å². The van der Waals surface area contributed by atoms with Gasteiger partial charge in [0.15, 0.2) is 0 Å². The van der Waals surface area contributed by atoms with Crippen LogP contribution in [0, 0.1) is 17.8 Å². The van der Waals surface area contributed by atoms with Crippen LogP contribution in [0.3, 0.4) is 0 Å². The van der Waals surface area contributed by atoms with E-state index >= 15 is 0 Å². The van der Waals surface area contributed by atoms with E-state index in [9.17, 15) is 0 Å². The molecule has 1 unspecified atom stereocenters. The van der Waals surface area contributed by atoms with Crippen molar-refractivity contribution in [3.8, 4) is 0 Å². The zero-order chi connectivity index (χ0) is 10.4. The molecule has 0 saturated carbocycles. The van der Waals surface area contributed by atoms with Gasteiger partial charge in [0, 0.05) is 0 Å². The van der Waals surface area contributed by atoms with Gasteiger partial charge in [-0.05, 0) is 24.2 Å². The highest BCUT2D eigenvalue weighted by Gasteiger charge is 2.07. The van der Waals surface area contributed by atoms with Crippen molar-refractivity contribution in [2.24, 2.45) is 17.8 Å². The van der Waals surface area contributed by atoms with Crippen molar-refractivity contribution in [3.63, 3.8) is 0 Å². The molecule has 0 radical (unpaired) electrons. The van der Waals surface area contributed by atoms with Crippen LogP contribution in [0.15, 0.2) is 11.6 Å². The van der Waals surface area contributed by atoms with Crippen LogP contribution in [0.2, 0.25) is 0 Å². The average Bonchev–Trinajstić information content (AvgIpc) is 2.03. The van der Waals surface area contributed by atoms with Gasteiger partial charge in [-0.1, -0.05) is 59.6 Å². The number of hydrogen-bond donors (Lipinski definition) is 0. The van der Waals surface area contributed by atoms with Crippen molar-refractivity contribution >= 4 is 0 Å². The Bertz CT molecular complexity index is 151. The summed E-state index contributed by atoms with van der Waals surface area (Å²) in [7, 11) is 0. The van der Waals surface area contributed by atoms with Crippen LogP contribution in [0.25, 0.3) is 0 Å². The maximum absolute atomic E-state index is 2.48. The van der Waals surface area contributed by atoms with Gasteiger partial charge in [0.05, 0.1) is 0 Å². The van der Waals surface area contributed by atoms with E-state index in [0.29, 0.717) is 0 Å². The van der Waals surface area contributed by atoms with Crippen LogP contribution in [0.4, 0.5) is 0 Å². The van der Waals surface area contributed by atoms with Crippen molar-refractivity contribution in [1.82, 2.24) is 0 Å². The van der Waals surface area contributed by atoms with E-state index in [2.05, 4.69) is 47.6 Å². The molecular weight excluding hydrogens is 156 g/mol. The Kier molecular flexibility index (Phi) is 6.11. The molecule has 0 saturated heterocycles. The lowest BCUT2D eigenvalue weighted by molar-refractivity contribution is 0.494. The average molecular weight is 182 g/mol. The second kappa shape index (κ2) is 6.23. The van der Waals surface area contributed by atoms with Gasteiger partial charge in [-0.2, -0.15) is 0 Å². The molecule has 13 heavy (non-hydrogen) atoms. The van der Waals surface area contributed by atoms with E-state index in [1.807, 2.05) is 0 Å². The van der Waals surface area contributed by atoms with Crippen LogP contribution in [0.1, 0.15) is 54.4 Å². The minimum atomic E-state index is 0.723. The maximum Gasteiger partial charge on any atom is -0.0236 e. The molecule has 0 aromatic carbocycles. The molecule has 0 fully saturated rings. The van der Waals surface area contributed by atoms with Crippen LogP contribution < -0.4 is 0 Å². The second-order valence-electron chi connectivity index (χ2n) is 4.75. The van der Waals surface area contributed by atoms with Crippen LogP contribution in [0.5, 0.6) is 0 Å². The standard InChI is InChI=1S/C13H26/c1-7-8-13(11(4)5)9-12(6)10(2)3/h9-12H,7-8H2,1-6H3. The highest BCUT2D eigenvalue weighted by atomic mass is 14.1. The molecule has 0 heterocycles. The molecule has 0 aromatic heterocycles. The summed E-state index contributed by atoms with van der Waals surface area (Å²) < 4.78 is 0. The predicted molar refractivity (Wildman–Crippen MR) is 61.8 cm³/mol. The second-order valence-corrected chi connectivity index (χ2v) is 4.75. The molecule has 1 atom stereocenters. The minimum Gasteiger partial charge on any atom is -0.0820 e. The van der Waals surface area contributed by atoms with Gasteiger partial charge in [-0.15, -0.1) is 0 Å². The molecule has 0 aliphatic heterocycles. The number of hydrogen-bond acceptors (Lipinski definition) is 0. The van der Waals surface area contributed by atoms with Gasteiger partial charge in [0.1, 0.15) is 0 Å². The van der Waals surface area contributed by atoms with E-state index < -0.39 is 0 Å². The number of allylic oxidation sites excluding steroid dienone is 2. The number of rotatable bonds is 5. The fourth-order valence-electron chi connectivity index (χ4n) is 1.38. The van der Waals surface area contributed by atoms with Crippen molar-refractivity contribution in [2.75, 3.05) is 0 Å². The summed E-state index contributed by atoms with van der Waals surface area (Å²) in [4.78, 5) is 0. The molecule has 78 valence electrons. The monoisotopic (exact) mass is 182 g/mol. The van der Waals surface area contributed by atoms with Gasteiger partial charge in [0.2, 0.25) is 0 Å². The Hall–Kier alpha value is -0.260. The molecule has 0 rings (SSSR count). The van der Waals surface area contributed by atoms with Gasteiger partial charge < -0.3 is 0 Å². The molecule has 0 nitrogen and oxygen atoms in total. The predicted octanol–water partition coefficient (Wildman–Crippen LogP) is 4.66. The van der Waals surface area contributed by atoms with E-state index in [1.54, 1.807) is 5.57 Å². The first kappa shape index (κ1) is 12.7. The van der Waals surface area contributed by atoms with Crippen molar-refractivity contribution in [2.45, 2.75) is 54.4 Å². The zero-order valence-electron chi connectivity index (χ0n) is 10.2. The third kappa shape index (κ3) is 5.13. The quantitative estimate of drug-likeness (QED) is 0.542. The van der Waals surface area contributed by atoms with Gasteiger partial charge in [0.25, 0.3) is 0 Å². The molecule has 0 amide bonds. The summed E-state index contributed by atoms with van der Waals surface area (Å²) >= 11 is 0. The maximum atomic E-state index is 2.48. The molecule has 0 N–H and O–H groups in total. The molecule has 0 aromatic rings.